The Balaban J connectivity index is 1.47. The van der Waals surface area contributed by atoms with Crippen molar-refractivity contribution in [3.8, 4) is 28.7 Å². The van der Waals surface area contributed by atoms with Gasteiger partial charge in [0, 0.05) is 17.8 Å². The second-order valence-corrected chi connectivity index (χ2v) is 10.6. The molecular formula is C30H31NO6S. The molecule has 0 aliphatic rings. The van der Waals surface area contributed by atoms with Gasteiger partial charge in [0.25, 0.3) is 10.1 Å². The maximum absolute atomic E-state index is 11.2. The molecule has 0 aliphatic carbocycles. The van der Waals surface area contributed by atoms with Crippen molar-refractivity contribution in [2.45, 2.75) is 39.1 Å². The summed E-state index contributed by atoms with van der Waals surface area (Å²) in [6, 6.07) is 21.2. The molecule has 0 spiro atoms. The van der Waals surface area contributed by atoms with Crippen LogP contribution in [0.15, 0.2) is 77.7 Å². The highest BCUT2D eigenvalue weighted by Crippen LogP contribution is 2.35. The molecule has 198 valence electrons. The van der Waals surface area contributed by atoms with E-state index in [0.29, 0.717) is 18.0 Å². The number of hydrogen-bond acceptors (Lipinski definition) is 6. The van der Waals surface area contributed by atoms with E-state index in [1.165, 1.54) is 24.3 Å². The number of hydrogen-bond donors (Lipinski definition) is 2. The quantitative estimate of drug-likeness (QED) is 0.217. The Hall–Kier alpha value is -4.01. The van der Waals surface area contributed by atoms with Crippen LogP contribution in [0.4, 0.5) is 5.69 Å². The van der Waals surface area contributed by atoms with Crippen LogP contribution in [0, 0.1) is 27.7 Å². The molecule has 0 saturated carbocycles. The Morgan fingerprint density at radius 2 is 1.26 bits per heavy atom. The fraction of sp³-hybridized carbons (Fsp3) is 0.200. The minimum atomic E-state index is -4.24. The predicted octanol–water partition coefficient (Wildman–Crippen LogP) is 7.37. The Morgan fingerprint density at radius 3 is 1.82 bits per heavy atom. The van der Waals surface area contributed by atoms with Crippen LogP contribution in [-0.2, 0) is 16.7 Å². The van der Waals surface area contributed by atoms with Crippen LogP contribution in [0.5, 0.6) is 28.7 Å². The molecule has 0 aromatic heterocycles. The van der Waals surface area contributed by atoms with Crippen LogP contribution in [0.1, 0.15) is 27.8 Å². The lowest BCUT2D eigenvalue weighted by molar-refractivity contribution is 0.406. The van der Waals surface area contributed by atoms with Crippen molar-refractivity contribution in [2.24, 2.45) is 0 Å². The van der Waals surface area contributed by atoms with E-state index in [1.54, 1.807) is 7.11 Å². The van der Waals surface area contributed by atoms with E-state index in [4.69, 9.17) is 18.8 Å². The maximum Gasteiger partial charge on any atom is 0.294 e. The monoisotopic (exact) mass is 533 g/mol. The molecule has 0 heterocycles. The molecule has 0 fully saturated rings. The van der Waals surface area contributed by atoms with E-state index in [9.17, 15) is 8.42 Å². The van der Waals surface area contributed by atoms with E-state index >= 15 is 0 Å². The largest absolute Gasteiger partial charge is 0.496 e. The molecular weight excluding hydrogens is 502 g/mol. The Kier molecular flexibility index (Phi) is 7.94. The van der Waals surface area contributed by atoms with Gasteiger partial charge in [-0.3, -0.25) is 4.55 Å². The average molecular weight is 534 g/mol. The summed E-state index contributed by atoms with van der Waals surface area (Å²) >= 11 is 0. The minimum absolute atomic E-state index is 0.184. The molecule has 4 aromatic rings. The lowest BCUT2D eigenvalue weighted by Crippen LogP contribution is -2.04. The van der Waals surface area contributed by atoms with Gasteiger partial charge in [-0.1, -0.05) is 17.7 Å². The second kappa shape index (κ2) is 11.2. The van der Waals surface area contributed by atoms with Gasteiger partial charge in [0.1, 0.15) is 28.7 Å². The summed E-state index contributed by atoms with van der Waals surface area (Å²) in [5.41, 5.74) is 6.18. The number of rotatable bonds is 9. The summed E-state index contributed by atoms with van der Waals surface area (Å²) in [5.74, 6) is 3.50. The first-order chi connectivity index (χ1) is 18.0. The normalized spacial score (nSPS) is 11.2. The van der Waals surface area contributed by atoms with Crippen LogP contribution in [0.3, 0.4) is 0 Å². The van der Waals surface area contributed by atoms with Crippen molar-refractivity contribution in [1.82, 2.24) is 0 Å². The summed E-state index contributed by atoms with van der Waals surface area (Å²) in [6.07, 6.45) is 0. The number of benzene rings is 4. The highest BCUT2D eigenvalue weighted by atomic mass is 32.2. The first-order valence-electron chi connectivity index (χ1n) is 12.1. The van der Waals surface area contributed by atoms with E-state index in [1.807, 2.05) is 57.2 Å². The number of methoxy groups -OCH3 is 1. The molecule has 7 nitrogen and oxygen atoms in total. The lowest BCUT2D eigenvalue weighted by atomic mass is 10.0. The molecule has 0 unspecified atom stereocenters. The SMILES string of the molecule is COc1c(C)cc(Oc2c(C)cc(C)cc2CNc2ccc(Oc3ccc(S(=O)(=O)O)cc3)cc2)cc1C. The first kappa shape index (κ1) is 27.0. The van der Waals surface area contributed by atoms with Gasteiger partial charge in [-0.2, -0.15) is 8.42 Å². The second-order valence-electron chi connectivity index (χ2n) is 9.19. The Bertz CT molecular complexity index is 1520. The number of anilines is 1. The molecule has 0 bridgehead atoms. The predicted molar refractivity (Wildman–Crippen MR) is 149 cm³/mol. The summed E-state index contributed by atoms with van der Waals surface area (Å²) < 4.78 is 49.2. The van der Waals surface area contributed by atoms with Gasteiger partial charge in [-0.25, -0.2) is 0 Å². The topological polar surface area (TPSA) is 94.1 Å². The fourth-order valence-corrected chi connectivity index (χ4v) is 4.86. The first-order valence-corrected chi connectivity index (χ1v) is 13.5. The van der Waals surface area contributed by atoms with E-state index in [-0.39, 0.29) is 4.90 Å². The van der Waals surface area contributed by atoms with Crippen LogP contribution in [0.25, 0.3) is 0 Å². The molecule has 4 rings (SSSR count). The summed E-state index contributed by atoms with van der Waals surface area (Å²) in [7, 11) is -2.57. The van der Waals surface area contributed by atoms with E-state index in [0.717, 1.165) is 50.8 Å². The van der Waals surface area contributed by atoms with Gasteiger partial charge in [-0.15, -0.1) is 0 Å². The van der Waals surface area contributed by atoms with Gasteiger partial charge >= 0.3 is 0 Å². The molecule has 0 radical (unpaired) electrons. The number of ether oxygens (including phenoxy) is 3. The van der Waals surface area contributed by atoms with Gasteiger partial charge in [0.2, 0.25) is 0 Å². The van der Waals surface area contributed by atoms with Crippen LogP contribution < -0.4 is 19.5 Å². The summed E-state index contributed by atoms with van der Waals surface area (Å²) in [4.78, 5) is -0.184. The Labute approximate surface area is 223 Å². The van der Waals surface area contributed by atoms with Crippen molar-refractivity contribution in [3.63, 3.8) is 0 Å². The molecule has 0 saturated heterocycles. The van der Waals surface area contributed by atoms with E-state index < -0.39 is 10.1 Å². The summed E-state index contributed by atoms with van der Waals surface area (Å²) in [5, 5.41) is 3.45. The Morgan fingerprint density at radius 1 is 0.711 bits per heavy atom. The fourth-order valence-electron chi connectivity index (χ4n) is 4.38. The standard InChI is InChI=1S/C30H31NO6S/c1-19-14-20(2)30(37-27-16-21(3)29(35-5)22(4)17-27)23(15-19)18-31-24-6-8-25(9-7-24)36-26-10-12-28(13-11-26)38(32,33)34/h6-17,31H,18H2,1-5H3,(H,32,33,34). The van der Waals surface area contributed by atoms with Gasteiger partial charge in [0.05, 0.1) is 12.0 Å². The maximum atomic E-state index is 11.2. The third-order valence-electron chi connectivity index (χ3n) is 6.05. The van der Waals surface area contributed by atoms with Gasteiger partial charge in [0.15, 0.2) is 0 Å². The summed E-state index contributed by atoms with van der Waals surface area (Å²) in [6.45, 7) is 8.68. The zero-order valence-electron chi connectivity index (χ0n) is 22.0. The van der Waals surface area contributed by atoms with E-state index in [2.05, 4.69) is 24.4 Å². The lowest BCUT2D eigenvalue weighted by Gasteiger charge is -2.18. The van der Waals surface area contributed by atoms with Crippen LogP contribution in [0.2, 0.25) is 0 Å². The smallest absolute Gasteiger partial charge is 0.294 e. The zero-order valence-corrected chi connectivity index (χ0v) is 22.8. The van der Waals surface area contributed by atoms with Crippen molar-refractivity contribution in [2.75, 3.05) is 12.4 Å². The molecule has 38 heavy (non-hydrogen) atoms. The number of aryl methyl sites for hydroxylation is 4. The highest BCUT2D eigenvalue weighted by Gasteiger charge is 2.13. The van der Waals surface area contributed by atoms with Gasteiger partial charge < -0.3 is 19.5 Å². The molecule has 4 aromatic carbocycles. The highest BCUT2D eigenvalue weighted by molar-refractivity contribution is 7.85. The van der Waals surface area contributed by atoms with Crippen LogP contribution in [-0.4, -0.2) is 20.1 Å². The number of nitrogens with one attached hydrogen (secondary N) is 1. The zero-order chi connectivity index (χ0) is 27.4. The van der Waals surface area contributed by atoms with Crippen molar-refractivity contribution < 1.29 is 27.2 Å². The molecule has 8 heteroatoms. The molecule has 0 atom stereocenters. The van der Waals surface area contributed by atoms with Crippen molar-refractivity contribution >= 4 is 15.8 Å². The minimum Gasteiger partial charge on any atom is -0.496 e. The van der Waals surface area contributed by atoms with Gasteiger partial charge in [-0.05, 0) is 105 Å². The third kappa shape index (κ3) is 6.45. The third-order valence-corrected chi connectivity index (χ3v) is 6.92. The molecule has 0 amide bonds. The molecule has 2 N–H and O–H groups in total. The van der Waals surface area contributed by atoms with Crippen LogP contribution >= 0.6 is 0 Å². The average Bonchev–Trinajstić information content (AvgIpc) is 2.85. The molecule has 0 aliphatic heterocycles. The van der Waals surface area contributed by atoms with Crippen molar-refractivity contribution in [1.29, 1.82) is 0 Å². The van der Waals surface area contributed by atoms with Crippen molar-refractivity contribution in [3.05, 3.63) is 101 Å².